The van der Waals surface area contributed by atoms with Crippen LogP contribution < -0.4 is 10.2 Å². The third-order valence-corrected chi connectivity index (χ3v) is 5.81. The second-order valence-electron chi connectivity index (χ2n) is 8.08. The Morgan fingerprint density at radius 1 is 1.33 bits per heavy atom. The number of phenols is 1. The SMILES string of the molecule is C[C@@H](Cl)[C@@H]1CN(C(C)(C)C)c2cc(O)c3ccc4c(c3c21)CCN4. The zero-order chi connectivity index (χ0) is 17.2. The molecule has 2 atom stereocenters. The number of benzene rings is 2. The lowest BCUT2D eigenvalue weighted by Gasteiger charge is -2.35. The third kappa shape index (κ3) is 2.17. The van der Waals surface area contributed by atoms with E-state index in [1.807, 2.05) is 12.1 Å². The molecule has 0 unspecified atom stereocenters. The molecule has 0 spiro atoms. The van der Waals surface area contributed by atoms with Crippen LogP contribution in [0.4, 0.5) is 11.4 Å². The van der Waals surface area contributed by atoms with Gasteiger partial charge in [-0.3, -0.25) is 0 Å². The van der Waals surface area contributed by atoms with Gasteiger partial charge < -0.3 is 15.3 Å². The Morgan fingerprint density at radius 3 is 2.75 bits per heavy atom. The Balaban J connectivity index is 2.09. The van der Waals surface area contributed by atoms with E-state index in [1.54, 1.807) is 0 Å². The van der Waals surface area contributed by atoms with Gasteiger partial charge in [-0.05, 0) is 62.8 Å². The number of aromatic hydroxyl groups is 1. The number of alkyl halides is 1. The highest BCUT2D eigenvalue weighted by Crippen LogP contribution is 2.51. The molecule has 0 amide bonds. The molecular weight excluding hydrogens is 320 g/mol. The molecular formula is C20H25ClN2O. The number of phenolic OH excluding ortho intramolecular Hbond substituents is 1. The number of nitrogens with one attached hydrogen (secondary N) is 1. The molecule has 0 bridgehead atoms. The maximum absolute atomic E-state index is 10.7. The van der Waals surface area contributed by atoms with Crippen LogP contribution >= 0.6 is 11.6 Å². The zero-order valence-corrected chi connectivity index (χ0v) is 15.5. The van der Waals surface area contributed by atoms with Crippen LogP contribution in [0.5, 0.6) is 5.75 Å². The van der Waals surface area contributed by atoms with E-state index in [0.717, 1.165) is 30.6 Å². The fourth-order valence-electron chi connectivity index (χ4n) is 4.32. The Labute approximate surface area is 148 Å². The van der Waals surface area contributed by atoms with Crippen LogP contribution in [0.2, 0.25) is 0 Å². The quantitative estimate of drug-likeness (QED) is 0.726. The smallest absolute Gasteiger partial charge is 0.125 e. The first-order chi connectivity index (χ1) is 11.3. The summed E-state index contributed by atoms with van der Waals surface area (Å²) in [6.45, 7) is 10.6. The highest BCUT2D eigenvalue weighted by Gasteiger charge is 2.39. The molecule has 0 radical (unpaired) electrons. The Kier molecular flexibility index (Phi) is 3.44. The van der Waals surface area contributed by atoms with E-state index in [0.29, 0.717) is 5.75 Å². The molecule has 2 N–H and O–H groups in total. The molecule has 2 aliphatic heterocycles. The van der Waals surface area contributed by atoms with E-state index < -0.39 is 0 Å². The van der Waals surface area contributed by atoms with Crippen LogP contribution in [0, 0.1) is 0 Å². The van der Waals surface area contributed by atoms with E-state index in [1.165, 1.54) is 22.2 Å². The average Bonchev–Trinajstić information content (AvgIpc) is 3.09. The first-order valence-corrected chi connectivity index (χ1v) is 9.19. The molecule has 2 aromatic rings. The molecule has 2 aromatic carbocycles. The van der Waals surface area contributed by atoms with Crippen LogP contribution in [-0.4, -0.2) is 29.1 Å². The van der Waals surface area contributed by atoms with Crippen molar-refractivity contribution >= 4 is 33.7 Å². The van der Waals surface area contributed by atoms with Gasteiger partial charge in [0.15, 0.2) is 0 Å². The standard InChI is InChI=1S/C20H25ClN2O/c1-11(21)14-10-23(20(2,3)4)16-9-17(24)13-5-6-15-12(7-8-22-15)18(13)19(14)16/h5-6,9,11,14,22,24H,7-8,10H2,1-4H3/t11-,14+/m1/s1. The number of hydrogen-bond acceptors (Lipinski definition) is 3. The van der Waals surface area contributed by atoms with E-state index in [2.05, 4.69) is 44.0 Å². The topological polar surface area (TPSA) is 35.5 Å². The molecule has 24 heavy (non-hydrogen) atoms. The van der Waals surface area contributed by atoms with Gasteiger partial charge in [0.2, 0.25) is 0 Å². The molecule has 0 saturated heterocycles. The molecule has 4 rings (SSSR count). The van der Waals surface area contributed by atoms with Gasteiger partial charge in [0.05, 0.1) is 0 Å². The first-order valence-electron chi connectivity index (χ1n) is 8.76. The van der Waals surface area contributed by atoms with Crippen molar-refractivity contribution in [1.29, 1.82) is 0 Å². The number of rotatable bonds is 1. The molecule has 0 aromatic heterocycles. The minimum atomic E-state index is -0.00833. The summed E-state index contributed by atoms with van der Waals surface area (Å²) in [5.41, 5.74) is 4.99. The fraction of sp³-hybridized carbons (Fsp3) is 0.500. The van der Waals surface area contributed by atoms with E-state index in [9.17, 15) is 5.11 Å². The number of fused-ring (bicyclic) bond motifs is 5. The molecule has 128 valence electrons. The van der Waals surface area contributed by atoms with E-state index in [-0.39, 0.29) is 16.8 Å². The minimum Gasteiger partial charge on any atom is -0.507 e. The lowest BCUT2D eigenvalue weighted by molar-refractivity contribution is 0.479. The maximum atomic E-state index is 10.7. The predicted octanol–water partition coefficient (Wildman–Crippen LogP) is 4.84. The summed E-state index contributed by atoms with van der Waals surface area (Å²) in [7, 11) is 0. The summed E-state index contributed by atoms with van der Waals surface area (Å²) in [6.07, 6.45) is 1.00. The van der Waals surface area contributed by atoms with E-state index >= 15 is 0 Å². The van der Waals surface area contributed by atoms with Crippen molar-refractivity contribution in [2.24, 2.45) is 0 Å². The maximum Gasteiger partial charge on any atom is 0.125 e. The predicted molar refractivity (Wildman–Crippen MR) is 103 cm³/mol. The summed E-state index contributed by atoms with van der Waals surface area (Å²) >= 11 is 6.61. The van der Waals surface area contributed by atoms with Gasteiger partial charge >= 0.3 is 0 Å². The van der Waals surface area contributed by atoms with Crippen LogP contribution in [0.25, 0.3) is 10.8 Å². The largest absolute Gasteiger partial charge is 0.507 e. The summed E-state index contributed by atoms with van der Waals surface area (Å²) in [5.74, 6) is 0.645. The molecule has 4 heteroatoms. The second-order valence-corrected chi connectivity index (χ2v) is 8.77. The third-order valence-electron chi connectivity index (χ3n) is 5.50. The van der Waals surface area contributed by atoms with Crippen molar-refractivity contribution in [3.05, 3.63) is 29.3 Å². The van der Waals surface area contributed by atoms with Crippen LogP contribution in [0.1, 0.15) is 44.7 Å². The lowest BCUT2D eigenvalue weighted by Crippen LogP contribution is -2.41. The zero-order valence-electron chi connectivity index (χ0n) is 14.8. The minimum absolute atomic E-state index is 0.00833. The summed E-state index contributed by atoms with van der Waals surface area (Å²) < 4.78 is 0. The summed E-state index contributed by atoms with van der Waals surface area (Å²) in [6, 6.07) is 6.07. The van der Waals surface area contributed by atoms with Gasteiger partial charge in [0.25, 0.3) is 0 Å². The molecule has 2 heterocycles. The number of hydrogen-bond donors (Lipinski definition) is 2. The van der Waals surface area contributed by atoms with Gasteiger partial charge in [-0.25, -0.2) is 0 Å². The van der Waals surface area contributed by atoms with Gasteiger partial charge in [-0.2, -0.15) is 0 Å². The fourth-order valence-corrected chi connectivity index (χ4v) is 4.53. The van der Waals surface area contributed by atoms with Crippen molar-refractivity contribution in [3.63, 3.8) is 0 Å². The number of halogens is 1. The van der Waals surface area contributed by atoms with Gasteiger partial charge in [-0.1, -0.05) is 0 Å². The van der Waals surface area contributed by atoms with E-state index in [4.69, 9.17) is 11.6 Å². The molecule has 0 fully saturated rings. The van der Waals surface area contributed by atoms with Gasteiger partial charge in [0.1, 0.15) is 5.75 Å². The Morgan fingerprint density at radius 2 is 2.08 bits per heavy atom. The Bertz CT molecular complexity index is 823. The monoisotopic (exact) mass is 344 g/mol. The van der Waals surface area contributed by atoms with Crippen molar-refractivity contribution in [2.75, 3.05) is 23.3 Å². The molecule has 0 saturated carbocycles. The average molecular weight is 345 g/mol. The second kappa shape index (κ2) is 5.19. The first kappa shape index (κ1) is 15.9. The highest BCUT2D eigenvalue weighted by atomic mass is 35.5. The summed E-state index contributed by atoms with van der Waals surface area (Å²) in [4.78, 5) is 2.40. The van der Waals surface area contributed by atoms with Crippen LogP contribution in [0.15, 0.2) is 18.2 Å². The van der Waals surface area contributed by atoms with Gasteiger partial charge in [0, 0.05) is 52.8 Å². The van der Waals surface area contributed by atoms with Crippen LogP contribution in [0.3, 0.4) is 0 Å². The normalized spacial score (nSPS) is 20.9. The van der Waals surface area contributed by atoms with Crippen LogP contribution in [-0.2, 0) is 6.42 Å². The molecule has 2 aliphatic rings. The van der Waals surface area contributed by atoms with Crippen molar-refractivity contribution in [3.8, 4) is 5.75 Å². The van der Waals surface area contributed by atoms with Crippen molar-refractivity contribution in [1.82, 2.24) is 0 Å². The highest BCUT2D eigenvalue weighted by molar-refractivity contribution is 6.21. The Hall–Kier alpha value is -1.61. The molecule has 0 aliphatic carbocycles. The number of nitrogens with zero attached hydrogens (tertiary/aromatic N) is 1. The van der Waals surface area contributed by atoms with Crippen molar-refractivity contribution < 1.29 is 5.11 Å². The van der Waals surface area contributed by atoms with Crippen molar-refractivity contribution in [2.45, 2.75) is 50.9 Å². The summed E-state index contributed by atoms with van der Waals surface area (Å²) in [5, 5.41) is 16.4. The lowest BCUT2D eigenvalue weighted by atomic mass is 9.89. The molecule has 3 nitrogen and oxygen atoms in total. The van der Waals surface area contributed by atoms with Gasteiger partial charge in [-0.15, -0.1) is 11.6 Å². The number of anilines is 2.